The topological polar surface area (TPSA) is 30.7 Å². The smallest absolute Gasteiger partial charge is 0.160 e. The minimum absolute atomic E-state index is 0.452. The van der Waals surface area contributed by atoms with Gasteiger partial charge in [0.1, 0.15) is 11.3 Å². The van der Waals surface area contributed by atoms with Crippen molar-refractivity contribution in [2.75, 3.05) is 6.26 Å². The molecule has 2 atom stereocenters. The normalized spacial score (nSPS) is 23.3. The summed E-state index contributed by atoms with van der Waals surface area (Å²) in [6.07, 6.45) is 7.83. The van der Waals surface area contributed by atoms with E-state index in [-0.39, 0.29) is 0 Å². The Morgan fingerprint density at radius 3 is 3.05 bits per heavy atom. The molecule has 0 spiro atoms. The summed E-state index contributed by atoms with van der Waals surface area (Å²) < 4.78 is 2.30. The lowest BCUT2D eigenvalue weighted by Gasteiger charge is -2.21. The fourth-order valence-corrected chi connectivity index (χ4v) is 4.24. The summed E-state index contributed by atoms with van der Waals surface area (Å²) in [6, 6.07) is 2.50. The average molecular weight is 296 g/mol. The quantitative estimate of drug-likeness (QED) is 0.804. The Bertz CT molecular complexity index is 596. The molecule has 2 aromatic heterocycles. The van der Waals surface area contributed by atoms with Crippen LogP contribution in [0.4, 0.5) is 0 Å². The summed E-state index contributed by atoms with van der Waals surface area (Å²) in [7, 11) is 0. The Labute approximate surface area is 122 Å². The van der Waals surface area contributed by atoms with Crippen LogP contribution in [0.1, 0.15) is 36.7 Å². The van der Waals surface area contributed by atoms with Gasteiger partial charge >= 0.3 is 0 Å². The van der Waals surface area contributed by atoms with Crippen molar-refractivity contribution < 1.29 is 0 Å². The number of nitrogens with zero attached hydrogens (tertiary/aromatic N) is 3. The van der Waals surface area contributed by atoms with Gasteiger partial charge < -0.3 is 4.57 Å². The summed E-state index contributed by atoms with van der Waals surface area (Å²) >= 11 is 8.06. The van der Waals surface area contributed by atoms with Crippen molar-refractivity contribution in [3.05, 3.63) is 23.7 Å². The molecule has 19 heavy (non-hydrogen) atoms. The largest absolute Gasteiger partial charge is 0.307 e. The van der Waals surface area contributed by atoms with Crippen LogP contribution >= 0.6 is 23.4 Å². The molecule has 3 rings (SSSR count). The highest BCUT2D eigenvalue weighted by atomic mass is 35.5. The van der Waals surface area contributed by atoms with E-state index in [0.717, 1.165) is 17.0 Å². The van der Waals surface area contributed by atoms with Crippen molar-refractivity contribution in [3.8, 4) is 0 Å². The third kappa shape index (κ3) is 2.15. The second kappa shape index (κ2) is 5.33. The van der Waals surface area contributed by atoms with Gasteiger partial charge in [0.2, 0.25) is 0 Å². The van der Waals surface area contributed by atoms with Crippen molar-refractivity contribution in [1.29, 1.82) is 0 Å². The number of imidazole rings is 1. The van der Waals surface area contributed by atoms with Crippen LogP contribution in [-0.4, -0.2) is 26.0 Å². The minimum atomic E-state index is 0.452. The van der Waals surface area contributed by atoms with Crippen LogP contribution in [0.5, 0.6) is 0 Å². The molecule has 1 aliphatic carbocycles. The second-order valence-electron chi connectivity index (χ2n) is 5.10. The van der Waals surface area contributed by atoms with Crippen molar-refractivity contribution >= 4 is 34.5 Å². The predicted molar refractivity (Wildman–Crippen MR) is 82.0 cm³/mol. The Hall–Kier alpha value is -0.740. The maximum absolute atomic E-state index is 6.11. The maximum Gasteiger partial charge on any atom is 0.160 e. The van der Waals surface area contributed by atoms with Crippen LogP contribution in [0.2, 0.25) is 0 Å². The highest BCUT2D eigenvalue weighted by Gasteiger charge is 2.31. The standard InChI is InChI=1S/C14H18ClN3S/c1-9-6-7-16-14-13(9)17-12(8-15)18(14)10-4-3-5-11(10)19-2/h6-7,10-11H,3-5,8H2,1-2H3. The SMILES string of the molecule is CSC1CCCC1n1c(CCl)nc2c(C)ccnc21. The molecule has 0 amide bonds. The van der Waals surface area contributed by atoms with Crippen molar-refractivity contribution in [2.45, 2.75) is 43.4 Å². The first-order chi connectivity index (χ1) is 9.26. The number of aryl methyl sites for hydroxylation is 1. The first-order valence-corrected chi connectivity index (χ1v) is 8.49. The number of halogens is 1. The molecule has 2 heterocycles. The summed E-state index contributed by atoms with van der Waals surface area (Å²) in [5.41, 5.74) is 3.18. The first kappa shape index (κ1) is 13.3. The van der Waals surface area contributed by atoms with E-state index in [1.807, 2.05) is 24.0 Å². The summed E-state index contributed by atoms with van der Waals surface area (Å²) in [6.45, 7) is 2.08. The predicted octanol–water partition coefficient (Wildman–Crippen LogP) is 3.94. The van der Waals surface area contributed by atoms with Crippen molar-refractivity contribution in [3.63, 3.8) is 0 Å². The highest BCUT2D eigenvalue weighted by Crippen LogP contribution is 2.40. The van der Waals surface area contributed by atoms with E-state index in [9.17, 15) is 0 Å². The minimum Gasteiger partial charge on any atom is -0.307 e. The van der Waals surface area contributed by atoms with Crippen molar-refractivity contribution in [2.24, 2.45) is 0 Å². The number of thioether (sulfide) groups is 1. The fourth-order valence-electron chi connectivity index (χ4n) is 3.08. The number of rotatable bonds is 3. The maximum atomic E-state index is 6.11. The summed E-state index contributed by atoms with van der Waals surface area (Å²) in [4.78, 5) is 9.26. The molecule has 0 N–H and O–H groups in total. The Morgan fingerprint density at radius 1 is 1.47 bits per heavy atom. The zero-order chi connectivity index (χ0) is 13.4. The highest BCUT2D eigenvalue weighted by molar-refractivity contribution is 7.99. The van der Waals surface area contributed by atoms with Gasteiger partial charge in [0.15, 0.2) is 5.65 Å². The third-order valence-corrected chi connectivity index (χ3v) is 5.42. The number of alkyl halides is 1. The molecule has 1 saturated carbocycles. The van der Waals surface area contributed by atoms with Crippen LogP contribution in [0.3, 0.4) is 0 Å². The number of hydrogen-bond acceptors (Lipinski definition) is 3. The average Bonchev–Trinajstić information content (AvgIpc) is 3.01. The molecule has 0 aromatic carbocycles. The molecule has 2 aromatic rings. The van der Waals surface area contributed by atoms with Gasteiger partial charge in [-0.3, -0.25) is 0 Å². The van der Waals surface area contributed by atoms with E-state index >= 15 is 0 Å². The lowest BCUT2D eigenvalue weighted by Crippen LogP contribution is -2.18. The number of fused-ring (bicyclic) bond motifs is 1. The van der Waals surface area contributed by atoms with Gasteiger partial charge in [0.05, 0.1) is 5.88 Å². The van der Waals surface area contributed by atoms with Crippen molar-refractivity contribution in [1.82, 2.24) is 14.5 Å². The van der Waals surface area contributed by atoms with E-state index in [4.69, 9.17) is 16.6 Å². The monoisotopic (exact) mass is 295 g/mol. The van der Waals surface area contributed by atoms with Gasteiger partial charge in [-0.15, -0.1) is 11.6 Å². The number of pyridine rings is 1. The molecular formula is C14H18ClN3S. The molecular weight excluding hydrogens is 278 g/mol. The van der Waals surface area contributed by atoms with Crippen LogP contribution in [0, 0.1) is 6.92 Å². The molecule has 0 radical (unpaired) electrons. The molecule has 1 fully saturated rings. The van der Waals surface area contributed by atoms with Crippen LogP contribution in [0.25, 0.3) is 11.2 Å². The lowest BCUT2D eigenvalue weighted by atomic mass is 10.2. The third-order valence-electron chi connectivity index (χ3n) is 4.03. The summed E-state index contributed by atoms with van der Waals surface area (Å²) in [5.74, 6) is 1.41. The van der Waals surface area contributed by atoms with Crippen LogP contribution in [0.15, 0.2) is 12.3 Å². The molecule has 0 bridgehead atoms. The van der Waals surface area contributed by atoms with Crippen LogP contribution < -0.4 is 0 Å². The Kier molecular flexibility index (Phi) is 3.72. The van der Waals surface area contributed by atoms with E-state index in [0.29, 0.717) is 17.2 Å². The van der Waals surface area contributed by atoms with E-state index < -0.39 is 0 Å². The van der Waals surface area contributed by atoms with E-state index in [1.54, 1.807) is 0 Å². The van der Waals surface area contributed by atoms with E-state index in [2.05, 4.69) is 22.7 Å². The van der Waals surface area contributed by atoms with Gasteiger partial charge in [-0.25, -0.2) is 9.97 Å². The summed E-state index contributed by atoms with van der Waals surface area (Å²) in [5, 5.41) is 0.654. The Balaban J connectivity index is 2.18. The molecule has 3 nitrogen and oxygen atoms in total. The molecule has 102 valence electrons. The zero-order valence-corrected chi connectivity index (χ0v) is 12.8. The van der Waals surface area contributed by atoms with Gasteiger partial charge in [0, 0.05) is 17.5 Å². The van der Waals surface area contributed by atoms with Gasteiger partial charge in [0.25, 0.3) is 0 Å². The van der Waals surface area contributed by atoms with Gasteiger partial charge in [-0.1, -0.05) is 6.42 Å². The van der Waals surface area contributed by atoms with E-state index in [1.165, 1.54) is 24.8 Å². The molecule has 0 aliphatic heterocycles. The fraction of sp³-hybridized carbons (Fsp3) is 0.571. The molecule has 2 unspecified atom stereocenters. The second-order valence-corrected chi connectivity index (χ2v) is 6.45. The Morgan fingerprint density at radius 2 is 2.32 bits per heavy atom. The lowest BCUT2D eigenvalue weighted by molar-refractivity contribution is 0.524. The van der Waals surface area contributed by atoms with Gasteiger partial charge in [-0.05, 0) is 37.7 Å². The zero-order valence-electron chi connectivity index (χ0n) is 11.3. The molecule has 1 aliphatic rings. The molecule has 0 saturated heterocycles. The number of aromatic nitrogens is 3. The van der Waals surface area contributed by atoms with Gasteiger partial charge in [-0.2, -0.15) is 11.8 Å². The van der Waals surface area contributed by atoms with Crippen LogP contribution in [-0.2, 0) is 5.88 Å². The first-order valence-electron chi connectivity index (χ1n) is 6.67. The molecule has 5 heteroatoms. The number of hydrogen-bond donors (Lipinski definition) is 0.